The van der Waals surface area contributed by atoms with E-state index in [1.54, 1.807) is 32.4 Å². The topological polar surface area (TPSA) is 147 Å². The minimum Gasteiger partial charge on any atom is -0.493 e. The molecule has 6 atom stereocenters. The molecule has 2 aromatic rings. The first-order valence-electron chi connectivity index (χ1n) is 18.6. The van der Waals surface area contributed by atoms with Crippen molar-refractivity contribution in [2.24, 2.45) is 11.8 Å². The van der Waals surface area contributed by atoms with Crippen LogP contribution in [0.2, 0.25) is 0 Å². The normalized spacial score (nSPS) is 28.5. The van der Waals surface area contributed by atoms with Gasteiger partial charge in [0.1, 0.15) is 0 Å². The summed E-state index contributed by atoms with van der Waals surface area (Å²) in [6.07, 6.45) is 6.64. The number of nitrogens with zero attached hydrogens (tertiary/aromatic N) is 2. The third-order valence-electron chi connectivity index (χ3n) is 12.7. The van der Waals surface area contributed by atoms with Crippen molar-refractivity contribution in [1.29, 1.82) is 0 Å². The van der Waals surface area contributed by atoms with Crippen LogP contribution in [0.1, 0.15) is 74.0 Å². The number of ether oxygens (including phenoxy) is 6. The molecule has 0 amide bonds. The van der Waals surface area contributed by atoms with Crippen LogP contribution in [0, 0.1) is 11.8 Å². The SMILES string of the molecule is C.COC1=CC2[C@@H]3C(=O)c4ccc(OC)c(OC(C)=O)c4[C@]2(CCN3C)CC1=O.COC1=CC2[C@@H]3Cc4ccc(OC)c(OC(C)=O)c4[C@]2(CCN3C)CC1=O. The lowest BCUT2D eigenvalue weighted by Crippen LogP contribution is -2.62. The van der Waals surface area contributed by atoms with Crippen molar-refractivity contribution in [2.75, 3.05) is 55.6 Å². The Kier molecular flexibility index (Phi) is 11.0. The van der Waals surface area contributed by atoms with Crippen LogP contribution in [0.5, 0.6) is 23.0 Å². The van der Waals surface area contributed by atoms with Crippen LogP contribution < -0.4 is 18.9 Å². The highest BCUT2D eigenvalue weighted by Gasteiger charge is 2.60. The number of fused-ring (bicyclic) bond motifs is 2. The average Bonchev–Trinajstić information content (AvgIpc) is 3.15. The molecule has 0 aromatic heterocycles. The molecule has 2 aliphatic heterocycles. The van der Waals surface area contributed by atoms with E-state index in [0.717, 1.165) is 30.5 Å². The van der Waals surface area contributed by atoms with Crippen molar-refractivity contribution in [3.63, 3.8) is 0 Å². The maximum Gasteiger partial charge on any atom is 0.308 e. The van der Waals surface area contributed by atoms with Gasteiger partial charge in [-0.05, 0) is 82.4 Å². The third kappa shape index (κ3) is 6.19. The van der Waals surface area contributed by atoms with Crippen molar-refractivity contribution in [3.05, 3.63) is 70.2 Å². The van der Waals surface area contributed by atoms with Crippen LogP contribution in [0.25, 0.3) is 0 Å². The molecule has 300 valence electrons. The van der Waals surface area contributed by atoms with Crippen LogP contribution in [0.4, 0.5) is 0 Å². The van der Waals surface area contributed by atoms with Crippen molar-refractivity contribution < 1.29 is 52.4 Å². The third-order valence-corrected chi connectivity index (χ3v) is 12.7. The van der Waals surface area contributed by atoms with Gasteiger partial charge in [0.2, 0.25) is 0 Å². The van der Waals surface area contributed by atoms with E-state index >= 15 is 0 Å². The summed E-state index contributed by atoms with van der Waals surface area (Å²) >= 11 is 0. The zero-order valence-corrected chi connectivity index (χ0v) is 32.6. The number of esters is 2. The lowest BCUT2D eigenvalue weighted by molar-refractivity contribution is -0.133. The molecule has 4 bridgehead atoms. The highest BCUT2D eigenvalue weighted by molar-refractivity contribution is 6.07. The molecule has 0 spiro atoms. The second kappa shape index (κ2) is 15.2. The summed E-state index contributed by atoms with van der Waals surface area (Å²) in [5.41, 5.74) is 2.16. The van der Waals surface area contributed by atoms with Gasteiger partial charge in [0.15, 0.2) is 51.9 Å². The highest BCUT2D eigenvalue weighted by atomic mass is 16.6. The average molecular weight is 773 g/mol. The smallest absolute Gasteiger partial charge is 0.308 e. The first-order chi connectivity index (χ1) is 26.2. The van der Waals surface area contributed by atoms with E-state index in [2.05, 4.69) is 11.9 Å². The number of carbonyl (C=O) groups is 5. The molecule has 2 saturated heterocycles. The Labute approximate surface area is 327 Å². The second-order valence-corrected chi connectivity index (χ2v) is 15.4. The van der Waals surface area contributed by atoms with Crippen LogP contribution >= 0.6 is 0 Å². The Morgan fingerprint density at radius 3 is 1.71 bits per heavy atom. The quantitative estimate of drug-likeness (QED) is 0.294. The minimum absolute atomic E-state index is 0. The minimum atomic E-state index is -0.640. The first-order valence-corrected chi connectivity index (χ1v) is 18.6. The molecule has 0 saturated carbocycles. The van der Waals surface area contributed by atoms with Gasteiger partial charge in [-0.3, -0.25) is 28.9 Å². The van der Waals surface area contributed by atoms with E-state index in [1.807, 2.05) is 30.2 Å². The largest absolute Gasteiger partial charge is 0.493 e. The number of Topliss-reactive ketones (excluding diaryl/α,β-unsaturated/α-hetero) is 3. The van der Waals surface area contributed by atoms with Crippen LogP contribution in [-0.2, 0) is 45.9 Å². The predicted octanol–water partition coefficient (Wildman–Crippen LogP) is 4.75. The molecular formula is C43H52N2O11. The Bertz CT molecular complexity index is 2050. The number of carbonyl (C=O) groups excluding carboxylic acids is 5. The molecule has 2 unspecified atom stereocenters. The number of piperidine rings is 2. The molecule has 56 heavy (non-hydrogen) atoms. The number of hydrogen-bond donors (Lipinski definition) is 0. The van der Waals surface area contributed by atoms with E-state index in [-0.39, 0.29) is 66.6 Å². The summed E-state index contributed by atoms with van der Waals surface area (Å²) in [6.45, 7) is 4.25. The van der Waals surface area contributed by atoms with E-state index in [0.29, 0.717) is 53.5 Å². The van der Waals surface area contributed by atoms with Crippen LogP contribution in [0.3, 0.4) is 0 Å². The molecule has 6 aliphatic rings. The maximum absolute atomic E-state index is 13.4. The van der Waals surface area contributed by atoms with Gasteiger partial charge in [0.25, 0.3) is 0 Å². The fraction of sp³-hybridized carbons (Fsp3) is 0.512. The van der Waals surface area contributed by atoms with E-state index in [1.165, 1.54) is 28.1 Å². The Hall–Kier alpha value is -5.01. The summed E-state index contributed by atoms with van der Waals surface area (Å²) in [4.78, 5) is 67.1. The predicted molar refractivity (Wildman–Crippen MR) is 205 cm³/mol. The number of ketones is 3. The summed E-state index contributed by atoms with van der Waals surface area (Å²) < 4.78 is 32.8. The second-order valence-electron chi connectivity index (χ2n) is 15.4. The van der Waals surface area contributed by atoms with Gasteiger partial charge in [-0.15, -0.1) is 0 Å². The number of likely N-dealkylation sites (tertiary alicyclic amines) is 2. The molecule has 4 aliphatic carbocycles. The Balaban J connectivity index is 0.000000187. The van der Waals surface area contributed by atoms with Gasteiger partial charge in [-0.25, -0.2) is 0 Å². The molecule has 0 radical (unpaired) electrons. The number of allylic oxidation sites excluding steroid dienone is 2. The molecule has 2 fully saturated rings. The van der Waals surface area contributed by atoms with Crippen molar-refractivity contribution >= 4 is 29.3 Å². The molecule has 0 N–H and O–H groups in total. The number of methoxy groups -OCH3 is 4. The molecule has 13 nitrogen and oxygen atoms in total. The zero-order chi connectivity index (χ0) is 39.6. The standard InChI is InChI=1S/C21H23NO6.C21H25NO5.CH4/c1-11(23)28-20-15(26-3)6-5-12-17(20)21-7-8-22(2)18(19(12)25)13(21)9-16(27-4)14(24)10-21;1-12(23)27-20-17(25-3)6-5-13-9-15-14-10-18(26-4)16(24)11-21(14,19(13)20)7-8-22(15)2;/h5-6,9,13,18H,7-8,10H2,1-4H3;5-6,10,14-15H,7-9,11H2,1-4H3;1H4/t13?,18-,21-;14?,15-,21+;/m10./s1. The molecule has 8 rings (SSSR count). The van der Waals surface area contributed by atoms with Crippen molar-refractivity contribution in [3.8, 4) is 23.0 Å². The van der Waals surface area contributed by atoms with Gasteiger partial charge in [0.05, 0.1) is 34.5 Å². The summed E-state index contributed by atoms with van der Waals surface area (Å²) in [7, 11) is 10.1. The van der Waals surface area contributed by atoms with E-state index in [4.69, 9.17) is 28.4 Å². The number of rotatable bonds is 6. The molecule has 2 aromatic carbocycles. The van der Waals surface area contributed by atoms with E-state index in [9.17, 15) is 24.0 Å². The molecule has 13 heteroatoms. The first kappa shape index (κ1) is 40.6. The Morgan fingerprint density at radius 2 is 1.18 bits per heavy atom. The fourth-order valence-electron chi connectivity index (χ4n) is 10.4. The van der Waals surface area contributed by atoms with E-state index < -0.39 is 22.8 Å². The number of benzene rings is 2. The van der Waals surface area contributed by atoms with Gasteiger partial charge >= 0.3 is 11.9 Å². The van der Waals surface area contributed by atoms with Crippen molar-refractivity contribution in [1.82, 2.24) is 9.80 Å². The van der Waals surface area contributed by atoms with Crippen molar-refractivity contribution in [2.45, 2.75) is 76.3 Å². The molecular weight excluding hydrogens is 720 g/mol. The number of likely N-dealkylation sites (N-methyl/N-ethyl adjacent to an activating group) is 2. The zero-order valence-electron chi connectivity index (χ0n) is 32.6. The number of hydrogen-bond acceptors (Lipinski definition) is 13. The lowest BCUT2D eigenvalue weighted by atomic mass is 9.53. The molecule has 2 heterocycles. The summed E-state index contributed by atoms with van der Waals surface area (Å²) in [5.74, 6) is 1.18. The Morgan fingerprint density at radius 1 is 0.679 bits per heavy atom. The fourth-order valence-corrected chi connectivity index (χ4v) is 10.4. The summed E-state index contributed by atoms with van der Waals surface area (Å²) in [5, 5.41) is 0. The highest BCUT2D eigenvalue weighted by Crippen LogP contribution is 2.59. The van der Waals surface area contributed by atoms with Gasteiger partial charge < -0.3 is 33.3 Å². The van der Waals surface area contributed by atoms with Crippen LogP contribution in [0.15, 0.2) is 47.9 Å². The lowest BCUT2D eigenvalue weighted by Gasteiger charge is -2.56. The summed E-state index contributed by atoms with van der Waals surface area (Å²) in [6, 6.07) is 7.15. The monoisotopic (exact) mass is 772 g/mol. The van der Waals surface area contributed by atoms with Gasteiger partial charge in [-0.2, -0.15) is 0 Å². The van der Waals surface area contributed by atoms with Gasteiger partial charge in [-0.1, -0.05) is 13.5 Å². The van der Waals surface area contributed by atoms with Crippen LogP contribution in [-0.4, -0.2) is 107 Å². The van der Waals surface area contributed by atoms with Gasteiger partial charge in [0, 0.05) is 72.1 Å². The maximum atomic E-state index is 13.4.